The van der Waals surface area contributed by atoms with Crippen molar-refractivity contribution in [1.29, 1.82) is 0 Å². The zero-order chi connectivity index (χ0) is 14.5. The molecule has 5 heteroatoms. The minimum atomic E-state index is -0.957. The van der Waals surface area contributed by atoms with Gasteiger partial charge in [-0.05, 0) is 36.2 Å². The summed E-state index contributed by atoms with van der Waals surface area (Å²) in [5.41, 5.74) is 1.33. The lowest BCUT2D eigenvalue weighted by Gasteiger charge is -2.17. The van der Waals surface area contributed by atoms with Gasteiger partial charge in [0.05, 0.1) is 6.10 Å². The number of benzene rings is 1. The van der Waals surface area contributed by atoms with E-state index in [0.29, 0.717) is 5.56 Å². The maximum absolute atomic E-state index is 13.1. The van der Waals surface area contributed by atoms with Gasteiger partial charge in [0.25, 0.3) is 0 Å². The van der Waals surface area contributed by atoms with Crippen molar-refractivity contribution in [2.75, 3.05) is 6.54 Å². The zero-order valence-electron chi connectivity index (χ0n) is 11.1. The molecule has 0 radical (unpaired) electrons. The number of rotatable bonds is 5. The van der Waals surface area contributed by atoms with Crippen LogP contribution < -0.4 is 5.32 Å². The van der Waals surface area contributed by atoms with E-state index in [1.54, 1.807) is 12.4 Å². The number of pyridine rings is 1. The first kappa shape index (κ1) is 14.6. The number of aromatic nitrogens is 1. The van der Waals surface area contributed by atoms with Gasteiger partial charge in [-0.2, -0.15) is 0 Å². The molecule has 1 aromatic carbocycles. The van der Waals surface area contributed by atoms with Crippen molar-refractivity contribution in [2.24, 2.45) is 0 Å². The highest BCUT2D eigenvalue weighted by atomic mass is 19.2. The fourth-order valence-corrected chi connectivity index (χ4v) is 1.88. The molecule has 2 rings (SSSR count). The van der Waals surface area contributed by atoms with Gasteiger partial charge in [-0.3, -0.25) is 4.98 Å². The molecular weight excluding hydrogens is 262 g/mol. The Morgan fingerprint density at radius 2 is 2.00 bits per heavy atom. The van der Waals surface area contributed by atoms with Crippen LogP contribution in [0.2, 0.25) is 0 Å². The second-order valence-electron chi connectivity index (χ2n) is 4.61. The molecule has 0 aliphatic rings. The molecule has 0 bridgehead atoms. The number of hydrogen-bond donors (Lipinski definition) is 2. The smallest absolute Gasteiger partial charge is 0.159 e. The molecule has 2 aromatic rings. The van der Waals surface area contributed by atoms with Crippen molar-refractivity contribution in [2.45, 2.75) is 19.1 Å². The number of nitrogens with one attached hydrogen (secondary N) is 1. The molecule has 20 heavy (non-hydrogen) atoms. The fraction of sp³-hybridized carbons (Fsp3) is 0.267. The van der Waals surface area contributed by atoms with E-state index in [2.05, 4.69) is 10.3 Å². The monoisotopic (exact) mass is 278 g/mol. The van der Waals surface area contributed by atoms with E-state index in [0.717, 1.165) is 17.7 Å². The van der Waals surface area contributed by atoms with Crippen LogP contribution in [0.15, 0.2) is 42.7 Å². The van der Waals surface area contributed by atoms with Gasteiger partial charge in [0, 0.05) is 25.0 Å². The predicted octanol–water partition coefficient (Wildman–Crippen LogP) is 2.74. The first-order valence-corrected chi connectivity index (χ1v) is 6.34. The number of nitrogens with zero attached hydrogens (tertiary/aromatic N) is 1. The Balaban J connectivity index is 1.95. The summed E-state index contributed by atoms with van der Waals surface area (Å²) in [4.78, 5) is 4.02. The fourth-order valence-electron chi connectivity index (χ4n) is 1.88. The number of aliphatic hydroxyl groups is 1. The summed E-state index contributed by atoms with van der Waals surface area (Å²) in [6.07, 6.45) is 2.53. The first-order valence-electron chi connectivity index (χ1n) is 6.34. The van der Waals surface area contributed by atoms with Crippen LogP contribution in [0.5, 0.6) is 0 Å². The first-order chi connectivity index (χ1) is 9.58. The normalized spacial score (nSPS) is 14.0. The maximum Gasteiger partial charge on any atom is 0.159 e. The third kappa shape index (κ3) is 3.59. The van der Waals surface area contributed by atoms with E-state index >= 15 is 0 Å². The Hall–Kier alpha value is -1.85. The minimum Gasteiger partial charge on any atom is -0.387 e. The molecule has 0 aliphatic heterocycles. The van der Waals surface area contributed by atoms with Gasteiger partial charge >= 0.3 is 0 Å². The molecule has 2 N–H and O–H groups in total. The third-order valence-corrected chi connectivity index (χ3v) is 3.13. The van der Waals surface area contributed by atoms with E-state index < -0.39 is 17.7 Å². The molecule has 0 fully saturated rings. The van der Waals surface area contributed by atoms with Gasteiger partial charge in [-0.1, -0.05) is 12.1 Å². The molecule has 1 unspecified atom stereocenters. The predicted molar refractivity (Wildman–Crippen MR) is 72.0 cm³/mol. The van der Waals surface area contributed by atoms with Gasteiger partial charge in [-0.15, -0.1) is 0 Å². The molecule has 0 amide bonds. The molecule has 1 heterocycles. The van der Waals surface area contributed by atoms with Crippen LogP contribution in [-0.4, -0.2) is 16.6 Å². The summed E-state index contributed by atoms with van der Waals surface area (Å²) in [5, 5.41) is 13.1. The Labute approximate surface area is 116 Å². The summed E-state index contributed by atoms with van der Waals surface area (Å²) in [6, 6.07) is 7.16. The quantitative estimate of drug-likeness (QED) is 0.884. The summed E-state index contributed by atoms with van der Waals surface area (Å²) in [6.45, 7) is 2.18. The summed E-state index contributed by atoms with van der Waals surface area (Å²) >= 11 is 0. The van der Waals surface area contributed by atoms with Gasteiger partial charge in [0.2, 0.25) is 0 Å². The van der Waals surface area contributed by atoms with Gasteiger partial charge in [0.15, 0.2) is 11.6 Å². The maximum atomic E-state index is 13.1. The van der Waals surface area contributed by atoms with Crippen LogP contribution in [0.25, 0.3) is 0 Å². The summed E-state index contributed by atoms with van der Waals surface area (Å²) in [7, 11) is 0. The lowest BCUT2D eigenvalue weighted by atomic mass is 10.1. The SMILES string of the molecule is C[C@@H](NCC(O)c1ccc(F)c(F)c1)c1cccnc1. The average Bonchev–Trinajstić information content (AvgIpc) is 2.48. The second kappa shape index (κ2) is 6.54. The zero-order valence-corrected chi connectivity index (χ0v) is 11.1. The third-order valence-electron chi connectivity index (χ3n) is 3.13. The Kier molecular flexibility index (Phi) is 4.76. The summed E-state index contributed by atoms with van der Waals surface area (Å²) in [5.74, 6) is -1.88. The van der Waals surface area contributed by atoms with E-state index in [-0.39, 0.29) is 12.6 Å². The van der Waals surface area contributed by atoms with Crippen LogP contribution in [0.4, 0.5) is 8.78 Å². The highest BCUT2D eigenvalue weighted by Crippen LogP contribution is 2.17. The standard InChI is InChI=1S/C15H16F2N2O/c1-10(12-3-2-6-18-8-12)19-9-15(20)11-4-5-13(16)14(17)7-11/h2-8,10,15,19-20H,9H2,1H3/t10-,15?/m1/s1. The molecule has 0 aliphatic carbocycles. The van der Waals surface area contributed by atoms with Gasteiger partial charge in [0.1, 0.15) is 0 Å². The number of aliphatic hydroxyl groups excluding tert-OH is 1. The second-order valence-corrected chi connectivity index (χ2v) is 4.61. The molecule has 0 saturated carbocycles. The van der Waals surface area contributed by atoms with Crippen molar-refractivity contribution in [3.05, 3.63) is 65.5 Å². The van der Waals surface area contributed by atoms with E-state index in [4.69, 9.17) is 0 Å². The van der Waals surface area contributed by atoms with E-state index in [9.17, 15) is 13.9 Å². The highest BCUT2D eigenvalue weighted by Gasteiger charge is 2.12. The van der Waals surface area contributed by atoms with Crippen molar-refractivity contribution in [3.8, 4) is 0 Å². The highest BCUT2D eigenvalue weighted by molar-refractivity contribution is 5.20. The average molecular weight is 278 g/mol. The minimum absolute atomic E-state index is 0.00338. The molecule has 3 nitrogen and oxygen atoms in total. The largest absolute Gasteiger partial charge is 0.387 e. The van der Waals surface area contributed by atoms with E-state index in [1.165, 1.54) is 6.07 Å². The molecule has 2 atom stereocenters. The van der Waals surface area contributed by atoms with Gasteiger partial charge in [-0.25, -0.2) is 8.78 Å². The summed E-state index contributed by atoms with van der Waals surface area (Å²) < 4.78 is 25.9. The Bertz CT molecular complexity index is 563. The number of hydrogen-bond acceptors (Lipinski definition) is 3. The molecule has 0 saturated heterocycles. The molecule has 1 aromatic heterocycles. The molecule has 0 spiro atoms. The topological polar surface area (TPSA) is 45.1 Å². The van der Waals surface area contributed by atoms with E-state index in [1.807, 2.05) is 19.1 Å². The van der Waals surface area contributed by atoms with Crippen LogP contribution in [0.1, 0.15) is 30.2 Å². The van der Waals surface area contributed by atoms with Crippen molar-refractivity contribution in [3.63, 3.8) is 0 Å². The Morgan fingerprint density at radius 3 is 2.65 bits per heavy atom. The Morgan fingerprint density at radius 1 is 1.20 bits per heavy atom. The number of halogens is 2. The van der Waals surface area contributed by atoms with Crippen LogP contribution >= 0.6 is 0 Å². The molecule has 106 valence electrons. The van der Waals surface area contributed by atoms with Gasteiger partial charge < -0.3 is 10.4 Å². The van der Waals surface area contributed by atoms with Crippen molar-refractivity contribution >= 4 is 0 Å². The molecular formula is C15H16F2N2O. The van der Waals surface area contributed by atoms with Crippen LogP contribution in [0.3, 0.4) is 0 Å². The van der Waals surface area contributed by atoms with Crippen LogP contribution in [-0.2, 0) is 0 Å². The lowest BCUT2D eigenvalue weighted by Crippen LogP contribution is -2.24. The lowest BCUT2D eigenvalue weighted by molar-refractivity contribution is 0.170. The van der Waals surface area contributed by atoms with Crippen molar-refractivity contribution < 1.29 is 13.9 Å². The van der Waals surface area contributed by atoms with Crippen molar-refractivity contribution in [1.82, 2.24) is 10.3 Å². The van der Waals surface area contributed by atoms with Crippen LogP contribution in [0, 0.1) is 11.6 Å².